The van der Waals surface area contributed by atoms with E-state index in [4.69, 9.17) is 25.8 Å². The molecule has 0 saturated carbocycles. The van der Waals surface area contributed by atoms with Crippen LogP contribution in [-0.4, -0.2) is 54.7 Å². The van der Waals surface area contributed by atoms with Crippen LogP contribution >= 0.6 is 11.6 Å². The molecule has 13 heteroatoms. The average molecular weight is 554 g/mol. The van der Waals surface area contributed by atoms with Crippen molar-refractivity contribution in [3.8, 4) is 17.5 Å². The first-order valence-corrected chi connectivity index (χ1v) is 11.8. The van der Waals surface area contributed by atoms with Crippen molar-refractivity contribution in [3.63, 3.8) is 0 Å². The number of rotatable bonds is 8. The molecule has 0 bridgehead atoms. The molecule has 1 aliphatic heterocycles. The molecule has 1 fully saturated rings. The van der Waals surface area contributed by atoms with Crippen LogP contribution < -0.4 is 14.4 Å². The molecule has 1 saturated heterocycles. The number of ether oxygens (including phenoxy) is 4. The number of imidazole rings is 1. The van der Waals surface area contributed by atoms with Gasteiger partial charge in [-0.25, -0.2) is 9.59 Å². The Morgan fingerprint density at radius 1 is 1.08 bits per heavy atom. The Bertz CT molecular complexity index is 1310. The zero-order valence-corrected chi connectivity index (χ0v) is 21.1. The van der Waals surface area contributed by atoms with Crippen molar-refractivity contribution in [2.24, 2.45) is 0 Å². The maximum absolute atomic E-state index is 13.0. The fourth-order valence-electron chi connectivity index (χ4n) is 4.16. The summed E-state index contributed by atoms with van der Waals surface area (Å²) in [5, 5.41) is 0.504. The number of benzene rings is 2. The second-order valence-electron chi connectivity index (χ2n) is 8.27. The molecule has 1 atom stereocenters. The normalized spacial score (nSPS) is 15.3. The quantitative estimate of drug-likeness (QED) is 0.351. The van der Waals surface area contributed by atoms with Crippen LogP contribution in [0.25, 0.3) is 0 Å². The fraction of sp³-hybridized carbons (Fsp3) is 0.320. The number of carbonyl (C=O) groups is 2. The van der Waals surface area contributed by atoms with Crippen molar-refractivity contribution in [2.75, 3.05) is 25.7 Å². The summed E-state index contributed by atoms with van der Waals surface area (Å²) in [5.74, 6) is -1.64. The summed E-state index contributed by atoms with van der Waals surface area (Å²) in [7, 11) is 2.47. The molecule has 2 aromatic carbocycles. The lowest BCUT2D eigenvalue weighted by Gasteiger charge is -2.23. The van der Waals surface area contributed by atoms with Crippen LogP contribution in [0.4, 0.5) is 19.0 Å². The Hall–Kier alpha value is -3.93. The van der Waals surface area contributed by atoms with Crippen LogP contribution in [0.1, 0.15) is 28.9 Å². The number of hydrogen-bond donors (Lipinski definition) is 0. The number of methoxy groups -OCH3 is 2. The molecule has 0 N–H and O–H groups in total. The smallest absolute Gasteiger partial charge is 0.467 e. The van der Waals surface area contributed by atoms with Crippen LogP contribution in [0.5, 0.6) is 17.5 Å². The van der Waals surface area contributed by atoms with Gasteiger partial charge in [0.05, 0.1) is 20.8 Å². The van der Waals surface area contributed by atoms with Gasteiger partial charge in [-0.3, -0.25) is 4.57 Å². The molecule has 1 unspecified atom stereocenters. The maximum Gasteiger partial charge on any atom is 0.573 e. The zero-order valence-electron chi connectivity index (χ0n) is 20.3. The highest BCUT2D eigenvalue weighted by Crippen LogP contribution is 2.36. The maximum atomic E-state index is 13.0. The van der Waals surface area contributed by atoms with Gasteiger partial charge < -0.3 is 23.8 Å². The molecule has 3 aromatic rings. The number of carbonyl (C=O) groups excluding carboxylic acids is 2. The molecule has 0 spiro atoms. The Morgan fingerprint density at radius 2 is 1.79 bits per heavy atom. The third-order valence-corrected chi connectivity index (χ3v) is 6.05. The van der Waals surface area contributed by atoms with E-state index < -0.39 is 30.1 Å². The van der Waals surface area contributed by atoms with E-state index in [1.54, 1.807) is 29.2 Å². The molecule has 0 amide bonds. The Kier molecular flexibility index (Phi) is 8.00. The lowest BCUT2D eigenvalue weighted by molar-refractivity contribution is -0.274. The standard InChI is InChI=1S/C25H23ClF3N3O6/c1-35-22(33)19-7-4-12-31(19)21-20(23(34)36-2)32(14-15-8-10-16(26)11-9-15)24(30-21)37-17-5-3-6-18(13-17)38-25(27,28)29/h3,5-6,8-11,13,19H,4,7,12,14H2,1-2H3. The minimum Gasteiger partial charge on any atom is -0.467 e. The van der Waals surface area contributed by atoms with Gasteiger partial charge in [0.1, 0.15) is 17.5 Å². The molecule has 9 nitrogen and oxygen atoms in total. The largest absolute Gasteiger partial charge is 0.573 e. The van der Waals surface area contributed by atoms with E-state index in [-0.39, 0.29) is 29.8 Å². The van der Waals surface area contributed by atoms with Crippen molar-refractivity contribution < 1.29 is 41.7 Å². The summed E-state index contributed by atoms with van der Waals surface area (Å²) in [6.45, 7) is 0.468. The SMILES string of the molecule is COC(=O)c1c(N2CCCC2C(=O)OC)nc(Oc2cccc(OC(F)(F)F)c2)n1Cc1ccc(Cl)cc1. The van der Waals surface area contributed by atoms with Crippen molar-refractivity contribution in [1.29, 1.82) is 0 Å². The highest BCUT2D eigenvalue weighted by molar-refractivity contribution is 6.30. The van der Waals surface area contributed by atoms with Crippen molar-refractivity contribution in [2.45, 2.75) is 31.8 Å². The topological polar surface area (TPSA) is 92.1 Å². The Morgan fingerprint density at radius 3 is 2.45 bits per heavy atom. The van der Waals surface area contributed by atoms with Gasteiger partial charge in [-0.2, -0.15) is 4.98 Å². The molecule has 38 heavy (non-hydrogen) atoms. The highest BCUT2D eigenvalue weighted by atomic mass is 35.5. The Labute approximate surface area is 220 Å². The van der Waals surface area contributed by atoms with Crippen molar-refractivity contribution in [3.05, 3.63) is 64.8 Å². The third kappa shape index (κ3) is 6.13. The van der Waals surface area contributed by atoms with Crippen molar-refractivity contribution >= 4 is 29.4 Å². The summed E-state index contributed by atoms with van der Waals surface area (Å²) in [4.78, 5) is 31.6. The summed E-state index contributed by atoms with van der Waals surface area (Å²) in [6, 6.07) is 10.9. The minimum atomic E-state index is -4.89. The van der Waals surface area contributed by atoms with E-state index >= 15 is 0 Å². The van der Waals surface area contributed by atoms with E-state index in [9.17, 15) is 22.8 Å². The van der Waals surface area contributed by atoms with Gasteiger partial charge in [-0.05, 0) is 42.7 Å². The molecule has 1 aliphatic rings. The molecular weight excluding hydrogens is 531 g/mol. The molecule has 0 radical (unpaired) electrons. The van der Waals surface area contributed by atoms with Gasteiger partial charge in [-0.1, -0.05) is 29.8 Å². The number of hydrogen-bond acceptors (Lipinski definition) is 8. The van der Waals surface area contributed by atoms with Crippen molar-refractivity contribution in [1.82, 2.24) is 9.55 Å². The molecule has 0 aliphatic carbocycles. The first-order chi connectivity index (χ1) is 18.1. The second-order valence-corrected chi connectivity index (χ2v) is 8.71. The highest BCUT2D eigenvalue weighted by Gasteiger charge is 2.38. The number of esters is 2. The number of anilines is 1. The van der Waals surface area contributed by atoms with E-state index in [2.05, 4.69) is 9.72 Å². The van der Waals surface area contributed by atoms with E-state index in [1.165, 1.54) is 30.9 Å². The van der Waals surface area contributed by atoms with E-state index in [1.807, 2.05) is 0 Å². The Balaban J connectivity index is 1.82. The average Bonchev–Trinajstić information content (AvgIpc) is 3.49. The van der Waals surface area contributed by atoms with Crippen LogP contribution in [0.15, 0.2) is 48.5 Å². The van der Waals surface area contributed by atoms with Gasteiger partial charge in [0.25, 0.3) is 0 Å². The minimum absolute atomic E-state index is 0.00375. The van der Waals surface area contributed by atoms with Gasteiger partial charge in [0, 0.05) is 17.6 Å². The van der Waals surface area contributed by atoms with Crippen LogP contribution in [0.2, 0.25) is 5.02 Å². The second kappa shape index (κ2) is 11.2. The zero-order chi connectivity index (χ0) is 27.4. The number of aromatic nitrogens is 2. The predicted octanol–water partition coefficient (Wildman–Crippen LogP) is 5.20. The van der Waals surface area contributed by atoms with E-state index in [0.717, 1.165) is 12.1 Å². The van der Waals surface area contributed by atoms with Crippen LogP contribution in [-0.2, 0) is 20.8 Å². The van der Waals surface area contributed by atoms with Gasteiger partial charge in [0.15, 0.2) is 11.5 Å². The van der Waals surface area contributed by atoms with Gasteiger partial charge in [0.2, 0.25) is 0 Å². The van der Waals surface area contributed by atoms with Crippen LogP contribution in [0, 0.1) is 0 Å². The number of alkyl halides is 3. The monoisotopic (exact) mass is 553 g/mol. The summed E-state index contributed by atoms with van der Waals surface area (Å²) in [5.41, 5.74) is 0.712. The summed E-state index contributed by atoms with van der Waals surface area (Å²) >= 11 is 6.01. The molecule has 202 valence electrons. The molecule has 1 aromatic heterocycles. The lowest BCUT2D eigenvalue weighted by Crippen LogP contribution is -2.38. The third-order valence-electron chi connectivity index (χ3n) is 5.79. The van der Waals surface area contributed by atoms with Gasteiger partial charge >= 0.3 is 24.3 Å². The fourth-order valence-corrected chi connectivity index (χ4v) is 4.28. The predicted molar refractivity (Wildman–Crippen MR) is 130 cm³/mol. The lowest BCUT2D eigenvalue weighted by atomic mass is 10.2. The summed E-state index contributed by atoms with van der Waals surface area (Å²) in [6.07, 6.45) is -3.78. The number of halogens is 4. The van der Waals surface area contributed by atoms with Gasteiger partial charge in [-0.15, -0.1) is 13.2 Å². The first kappa shape index (κ1) is 27.1. The number of nitrogens with zero attached hydrogens (tertiary/aromatic N) is 3. The molecular formula is C25H23ClF3N3O6. The first-order valence-electron chi connectivity index (χ1n) is 11.4. The van der Waals surface area contributed by atoms with Crippen LogP contribution in [0.3, 0.4) is 0 Å². The molecule has 2 heterocycles. The van der Waals surface area contributed by atoms with E-state index in [0.29, 0.717) is 30.0 Å². The molecule has 4 rings (SSSR count). The summed E-state index contributed by atoms with van der Waals surface area (Å²) < 4.78 is 59.5.